The minimum atomic E-state index is -0.914. The van der Waals surface area contributed by atoms with E-state index in [0.29, 0.717) is 16.8 Å². The van der Waals surface area contributed by atoms with Crippen LogP contribution < -0.4 is 5.32 Å². The van der Waals surface area contributed by atoms with Crippen LogP contribution in [0.25, 0.3) is 11.0 Å². The number of aryl methyl sites for hydroxylation is 1. The standard InChI is InChI=1S/C27H31FN6O2/c1-5-27(2,3)29-26(36)25(23-11-8-16-32(23)4)33(17-19-12-14-20(28)15-13-19)24(35)18-34-22-10-7-6-9-21(22)30-31-34/h6-16,25H,5,17-18H2,1-4H3,(H,29,36)/t25-/m1/s1. The van der Waals surface area contributed by atoms with E-state index in [1.54, 1.807) is 12.1 Å². The van der Waals surface area contributed by atoms with Gasteiger partial charge >= 0.3 is 0 Å². The predicted molar refractivity (Wildman–Crippen MR) is 135 cm³/mol. The number of carbonyl (C=O) groups excluding carboxylic acids is 2. The molecular weight excluding hydrogens is 459 g/mol. The maximum Gasteiger partial charge on any atom is 0.249 e. The van der Waals surface area contributed by atoms with Gasteiger partial charge in [0.25, 0.3) is 0 Å². The van der Waals surface area contributed by atoms with Crippen molar-refractivity contribution in [2.75, 3.05) is 0 Å². The second-order valence-electron chi connectivity index (χ2n) is 9.56. The zero-order valence-corrected chi connectivity index (χ0v) is 21.0. The largest absolute Gasteiger partial charge is 0.352 e. The van der Waals surface area contributed by atoms with Crippen molar-refractivity contribution in [1.29, 1.82) is 0 Å². The fraction of sp³-hybridized carbons (Fsp3) is 0.333. The summed E-state index contributed by atoms with van der Waals surface area (Å²) in [4.78, 5) is 29.2. The maximum atomic E-state index is 13.9. The van der Waals surface area contributed by atoms with E-state index >= 15 is 0 Å². The number of hydrogen-bond acceptors (Lipinski definition) is 4. The number of rotatable bonds is 9. The van der Waals surface area contributed by atoms with Crippen LogP contribution in [0.1, 0.15) is 44.5 Å². The van der Waals surface area contributed by atoms with Crippen molar-refractivity contribution >= 4 is 22.8 Å². The van der Waals surface area contributed by atoms with Crippen LogP contribution in [0.4, 0.5) is 4.39 Å². The minimum Gasteiger partial charge on any atom is -0.352 e. The van der Waals surface area contributed by atoms with Gasteiger partial charge in [-0.3, -0.25) is 9.59 Å². The van der Waals surface area contributed by atoms with E-state index in [9.17, 15) is 14.0 Å². The molecule has 1 N–H and O–H groups in total. The molecule has 8 nitrogen and oxygen atoms in total. The third-order valence-electron chi connectivity index (χ3n) is 6.46. The number of nitrogens with zero attached hydrogens (tertiary/aromatic N) is 5. The summed E-state index contributed by atoms with van der Waals surface area (Å²) in [6.45, 7) is 5.89. The molecule has 0 fully saturated rings. The molecule has 4 aromatic rings. The Morgan fingerprint density at radius 1 is 1.08 bits per heavy atom. The van der Waals surface area contributed by atoms with E-state index in [2.05, 4.69) is 15.6 Å². The van der Waals surface area contributed by atoms with Crippen LogP contribution >= 0.6 is 0 Å². The lowest BCUT2D eigenvalue weighted by molar-refractivity contribution is -0.143. The van der Waals surface area contributed by atoms with Crippen molar-refractivity contribution in [3.63, 3.8) is 0 Å². The third kappa shape index (κ3) is 5.45. The molecule has 2 amide bonds. The van der Waals surface area contributed by atoms with Crippen LogP contribution in [-0.4, -0.2) is 41.8 Å². The molecule has 36 heavy (non-hydrogen) atoms. The van der Waals surface area contributed by atoms with Gasteiger partial charge in [-0.15, -0.1) is 5.10 Å². The monoisotopic (exact) mass is 490 g/mol. The molecular formula is C27H31FN6O2. The summed E-state index contributed by atoms with van der Waals surface area (Å²) in [6.07, 6.45) is 2.56. The maximum absolute atomic E-state index is 13.9. The lowest BCUT2D eigenvalue weighted by Crippen LogP contribution is -2.51. The van der Waals surface area contributed by atoms with Gasteiger partial charge in [0, 0.05) is 31.0 Å². The lowest BCUT2D eigenvalue weighted by atomic mass is 10.00. The number of fused-ring (bicyclic) bond motifs is 1. The van der Waals surface area contributed by atoms with E-state index in [0.717, 1.165) is 11.9 Å². The van der Waals surface area contributed by atoms with Crippen LogP contribution in [0.3, 0.4) is 0 Å². The van der Waals surface area contributed by atoms with Crippen LogP contribution in [0, 0.1) is 5.82 Å². The topological polar surface area (TPSA) is 85.0 Å². The van der Waals surface area contributed by atoms with Gasteiger partial charge < -0.3 is 14.8 Å². The van der Waals surface area contributed by atoms with Gasteiger partial charge in [-0.25, -0.2) is 9.07 Å². The summed E-state index contributed by atoms with van der Waals surface area (Å²) in [7, 11) is 1.84. The Kier molecular flexibility index (Phi) is 7.19. The van der Waals surface area contributed by atoms with Crippen LogP contribution in [0.5, 0.6) is 0 Å². The molecule has 188 valence electrons. The molecule has 0 bridgehead atoms. The molecule has 0 aliphatic heterocycles. The smallest absolute Gasteiger partial charge is 0.249 e. The Balaban J connectivity index is 1.75. The number of para-hydroxylation sites is 1. The first-order valence-corrected chi connectivity index (χ1v) is 11.9. The third-order valence-corrected chi connectivity index (χ3v) is 6.46. The highest BCUT2D eigenvalue weighted by atomic mass is 19.1. The number of amides is 2. The van der Waals surface area contributed by atoms with E-state index in [4.69, 9.17) is 0 Å². The molecule has 2 aromatic heterocycles. The van der Waals surface area contributed by atoms with Crippen molar-refractivity contribution in [2.24, 2.45) is 7.05 Å². The Morgan fingerprint density at radius 2 is 1.81 bits per heavy atom. The van der Waals surface area contributed by atoms with Gasteiger partial charge in [0.2, 0.25) is 11.8 Å². The quantitative estimate of drug-likeness (QED) is 0.385. The van der Waals surface area contributed by atoms with Gasteiger partial charge in [-0.05, 0) is 62.2 Å². The van der Waals surface area contributed by atoms with Crippen molar-refractivity contribution in [1.82, 2.24) is 29.8 Å². The van der Waals surface area contributed by atoms with Gasteiger partial charge in [-0.1, -0.05) is 36.4 Å². The molecule has 0 aliphatic carbocycles. The first-order chi connectivity index (χ1) is 17.2. The highest BCUT2D eigenvalue weighted by Gasteiger charge is 2.35. The van der Waals surface area contributed by atoms with Gasteiger partial charge in [-0.2, -0.15) is 0 Å². The van der Waals surface area contributed by atoms with Gasteiger partial charge in [0.1, 0.15) is 17.9 Å². The predicted octanol–water partition coefficient (Wildman–Crippen LogP) is 3.98. The first kappa shape index (κ1) is 25.1. The van der Waals surface area contributed by atoms with Gasteiger partial charge in [0.05, 0.1) is 5.52 Å². The van der Waals surface area contributed by atoms with Crippen molar-refractivity contribution in [2.45, 2.75) is 51.9 Å². The number of benzene rings is 2. The van der Waals surface area contributed by atoms with E-state index in [-0.39, 0.29) is 30.7 Å². The SMILES string of the molecule is CCC(C)(C)NC(=O)[C@@H](c1cccn1C)N(Cc1ccc(F)cc1)C(=O)Cn1nnc2ccccc21. The van der Waals surface area contributed by atoms with Crippen LogP contribution in [0.15, 0.2) is 66.9 Å². The highest BCUT2D eigenvalue weighted by molar-refractivity contribution is 5.89. The summed E-state index contributed by atoms with van der Waals surface area (Å²) in [5.41, 5.74) is 2.30. The van der Waals surface area contributed by atoms with Crippen molar-refractivity contribution in [3.05, 3.63) is 83.9 Å². The fourth-order valence-electron chi connectivity index (χ4n) is 4.05. The molecule has 0 saturated carbocycles. The van der Waals surface area contributed by atoms with Crippen LogP contribution in [-0.2, 0) is 29.7 Å². The second-order valence-corrected chi connectivity index (χ2v) is 9.56. The van der Waals surface area contributed by atoms with Crippen LogP contribution in [0.2, 0.25) is 0 Å². The summed E-state index contributed by atoms with van der Waals surface area (Å²) < 4.78 is 17.0. The zero-order valence-electron chi connectivity index (χ0n) is 21.0. The van der Waals surface area contributed by atoms with E-state index in [1.807, 2.05) is 75.0 Å². The van der Waals surface area contributed by atoms with Crippen molar-refractivity contribution < 1.29 is 14.0 Å². The van der Waals surface area contributed by atoms with E-state index in [1.165, 1.54) is 21.7 Å². The lowest BCUT2D eigenvalue weighted by Gasteiger charge is -2.34. The zero-order chi connectivity index (χ0) is 25.9. The number of aromatic nitrogens is 4. The molecule has 0 spiro atoms. The first-order valence-electron chi connectivity index (χ1n) is 11.9. The molecule has 9 heteroatoms. The number of nitrogens with one attached hydrogen (secondary N) is 1. The Hall–Kier alpha value is -4.01. The molecule has 0 unspecified atom stereocenters. The average Bonchev–Trinajstić information content (AvgIpc) is 3.46. The molecule has 1 atom stereocenters. The van der Waals surface area contributed by atoms with Crippen molar-refractivity contribution in [3.8, 4) is 0 Å². The highest BCUT2D eigenvalue weighted by Crippen LogP contribution is 2.26. The summed E-state index contributed by atoms with van der Waals surface area (Å²) in [5.74, 6) is -0.972. The number of halogens is 1. The minimum absolute atomic E-state index is 0.104. The average molecular weight is 491 g/mol. The summed E-state index contributed by atoms with van der Waals surface area (Å²) in [6, 6.07) is 16.1. The molecule has 2 heterocycles. The normalized spacial score (nSPS) is 12.5. The molecule has 0 saturated heterocycles. The van der Waals surface area contributed by atoms with Gasteiger partial charge in [0.15, 0.2) is 6.04 Å². The summed E-state index contributed by atoms with van der Waals surface area (Å²) >= 11 is 0. The number of hydrogen-bond donors (Lipinski definition) is 1. The Bertz CT molecular complexity index is 1360. The molecule has 0 aliphatic rings. The molecule has 0 radical (unpaired) electrons. The molecule has 2 aromatic carbocycles. The van der Waals surface area contributed by atoms with E-state index < -0.39 is 11.6 Å². The summed E-state index contributed by atoms with van der Waals surface area (Å²) in [5, 5.41) is 11.4. The fourth-order valence-corrected chi connectivity index (χ4v) is 4.05. The second kappa shape index (κ2) is 10.3. The Morgan fingerprint density at radius 3 is 2.47 bits per heavy atom. The Labute approximate surface area is 209 Å². The molecule has 4 rings (SSSR count). The number of carbonyl (C=O) groups is 2.